The summed E-state index contributed by atoms with van der Waals surface area (Å²) in [4.78, 5) is 39.1. The van der Waals surface area contributed by atoms with Crippen LogP contribution in [-0.2, 0) is 38.4 Å². The molecule has 2 aromatic carbocycles. The highest BCUT2D eigenvalue weighted by Gasteiger charge is 2.37. The normalized spacial score (nSPS) is 15.8. The van der Waals surface area contributed by atoms with Crippen LogP contribution in [0.4, 0.5) is 11.4 Å². The van der Waals surface area contributed by atoms with Gasteiger partial charge in [-0.3, -0.25) is 14.4 Å². The largest absolute Gasteiger partial charge is 0.455 e. The third-order valence-corrected chi connectivity index (χ3v) is 5.73. The molecule has 1 atom stereocenters. The average Bonchev–Trinajstić information content (AvgIpc) is 3.18. The molecule has 0 spiro atoms. The second-order valence-electron chi connectivity index (χ2n) is 7.70. The van der Waals surface area contributed by atoms with Crippen LogP contribution in [0.5, 0.6) is 0 Å². The van der Waals surface area contributed by atoms with Crippen LogP contribution >= 0.6 is 0 Å². The molecule has 0 aliphatic carbocycles. The van der Waals surface area contributed by atoms with Crippen LogP contribution in [0.25, 0.3) is 0 Å². The van der Waals surface area contributed by atoms with E-state index in [1.54, 1.807) is 4.90 Å². The maximum atomic E-state index is 12.5. The Morgan fingerprint density at radius 3 is 2.23 bits per heavy atom. The summed E-state index contributed by atoms with van der Waals surface area (Å²) < 4.78 is 5.27. The molecule has 6 heteroatoms. The predicted octanol–water partition coefficient (Wildman–Crippen LogP) is 3.91. The van der Waals surface area contributed by atoms with Crippen LogP contribution in [0.3, 0.4) is 0 Å². The molecule has 3 rings (SSSR count). The molecule has 1 fully saturated rings. The number of carbonyl (C=O) groups excluding carboxylic acids is 3. The van der Waals surface area contributed by atoms with Crippen LogP contribution in [0.1, 0.15) is 43.9 Å². The van der Waals surface area contributed by atoms with Crippen LogP contribution in [0.2, 0.25) is 0 Å². The van der Waals surface area contributed by atoms with E-state index >= 15 is 0 Å². The van der Waals surface area contributed by atoms with E-state index in [9.17, 15) is 14.4 Å². The molecule has 1 aliphatic rings. The van der Waals surface area contributed by atoms with E-state index in [1.165, 1.54) is 0 Å². The van der Waals surface area contributed by atoms with Crippen molar-refractivity contribution in [2.75, 3.05) is 23.4 Å². The van der Waals surface area contributed by atoms with Crippen molar-refractivity contribution in [2.24, 2.45) is 5.92 Å². The first kappa shape index (κ1) is 22.5. The number of nitrogens with zero attached hydrogens (tertiary/aromatic N) is 1. The van der Waals surface area contributed by atoms with Crippen molar-refractivity contribution in [2.45, 2.75) is 46.5 Å². The number of para-hydroxylation sites is 2. The SMILES string of the molecule is CCc1ccccc1N1C[C@H](C(=O)OCC(=O)Nc2c(CC)cccc2CC)CC1=O. The lowest BCUT2D eigenvalue weighted by atomic mass is 10.0. The number of rotatable bonds is 8. The minimum absolute atomic E-state index is 0.0944. The molecule has 2 aromatic rings. The van der Waals surface area contributed by atoms with Crippen molar-refractivity contribution in [1.82, 2.24) is 0 Å². The number of anilines is 2. The van der Waals surface area contributed by atoms with Gasteiger partial charge in [0, 0.05) is 24.3 Å². The number of benzene rings is 2. The number of esters is 1. The molecule has 1 aliphatic heterocycles. The summed E-state index contributed by atoms with van der Waals surface area (Å²) in [6, 6.07) is 13.6. The van der Waals surface area contributed by atoms with Gasteiger partial charge in [-0.2, -0.15) is 0 Å². The van der Waals surface area contributed by atoms with Crippen LogP contribution < -0.4 is 10.2 Å². The second-order valence-corrected chi connectivity index (χ2v) is 7.70. The summed E-state index contributed by atoms with van der Waals surface area (Å²) in [5.41, 5.74) is 4.79. The Balaban J connectivity index is 1.59. The number of carbonyl (C=O) groups is 3. The molecule has 6 nitrogen and oxygen atoms in total. The van der Waals surface area contributed by atoms with Crippen molar-refractivity contribution < 1.29 is 19.1 Å². The molecule has 0 bridgehead atoms. The zero-order chi connectivity index (χ0) is 22.4. The minimum atomic E-state index is -0.570. The molecule has 2 amide bonds. The molecule has 164 valence electrons. The fourth-order valence-electron chi connectivity index (χ4n) is 4.00. The van der Waals surface area contributed by atoms with Crippen molar-refractivity contribution in [3.63, 3.8) is 0 Å². The molecule has 0 unspecified atom stereocenters. The topological polar surface area (TPSA) is 75.7 Å². The molecule has 0 saturated carbocycles. The average molecular weight is 423 g/mol. The van der Waals surface area contributed by atoms with E-state index in [2.05, 4.69) is 5.32 Å². The summed E-state index contributed by atoms with van der Waals surface area (Å²) in [5, 5.41) is 2.89. The molecule has 0 radical (unpaired) electrons. The Kier molecular flexibility index (Phi) is 7.45. The Morgan fingerprint density at radius 2 is 1.58 bits per heavy atom. The lowest BCUT2D eigenvalue weighted by molar-refractivity contribution is -0.151. The molecule has 31 heavy (non-hydrogen) atoms. The summed E-state index contributed by atoms with van der Waals surface area (Å²) >= 11 is 0. The van der Waals surface area contributed by atoms with Crippen molar-refractivity contribution in [3.05, 3.63) is 59.2 Å². The lowest BCUT2D eigenvalue weighted by Crippen LogP contribution is -2.29. The van der Waals surface area contributed by atoms with Crippen molar-refractivity contribution >= 4 is 29.2 Å². The Morgan fingerprint density at radius 1 is 0.968 bits per heavy atom. The fraction of sp³-hybridized carbons (Fsp3) is 0.400. The zero-order valence-corrected chi connectivity index (χ0v) is 18.4. The molecule has 1 saturated heterocycles. The van der Waals surface area contributed by atoms with Gasteiger partial charge in [0.2, 0.25) is 5.91 Å². The number of hydrogen-bond donors (Lipinski definition) is 1. The van der Waals surface area contributed by atoms with Gasteiger partial charge in [-0.15, -0.1) is 0 Å². The van der Waals surface area contributed by atoms with Crippen LogP contribution in [-0.4, -0.2) is 30.9 Å². The predicted molar refractivity (Wildman–Crippen MR) is 121 cm³/mol. The van der Waals surface area contributed by atoms with Gasteiger partial charge in [0.25, 0.3) is 5.91 Å². The van der Waals surface area contributed by atoms with Crippen LogP contribution in [0, 0.1) is 5.92 Å². The number of ether oxygens (including phenoxy) is 1. The van der Waals surface area contributed by atoms with E-state index in [1.807, 2.05) is 63.2 Å². The van der Waals surface area contributed by atoms with Gasteiger partial charge in [-0.05, 0) is 42.0 Å². The van der Waals surface area contributed by atoms with E-state index in [-0.39, 0.29) is 31.4 Å². The Bertz CT molecular complexity index is 947. The van der Waals surface area contributed by atoms with Gasteiger partial charge in [0.1, 0.15) is 0 Å². The highest BCUT2D eigenvalue weighted by Crippen LogP contribution is 2.29. The standard InChI is InChI=1S/C25H30N2O4/c1-4-17-10-7-8-13-21(17)27-15-20(14-23(27)29)25(30)31-16-22(28)26-24-18(5-2)11-9-12-19(24)6-3/h7-13,20H,4-6,14-16H2,1-3H3,(H,26,28)/t20-/m1/s1. The van der Waals surface area contributed by atoms with Crippen LogP contribution in [0.15, 0.2) is 42.5 Å². The van der Waals surface area contributed by atoms with E-state index in [4.69, 9.17) is 4.74 Å². The van der Waals surface area contributed by atoms with Gasteiger partial charge in [0.05, 0.1) is 5.92 Å². The molecule has 1 heterocycles. The van der Waals surface area contributed by atoms with Gasteiger partial charge in [0.15, 0.2) is 6.61 Å². The van der Waals surface area contributed by atoms with E-state index in [0.717, 1.165) is 47.3 Å². The number of nitrogens with one attached hydrogen (secondary N) is 1. The maximum Gasteiger partial charge on any atom is 0.311 e. The summed E-state index contributed by atoms with van der Waals surface area (Å²) in [6.07, 6.45) is 2.48. The Hall–Kier alpha value is -3.15. The third-order valence-electron chi connectivity index (χ3n) is 5.73. The Labute approximate surface area is 183 Å². The minimum Gasteiger partial charge on any atom is -0.455 e. The first-order valence-corrected chi connectivity index (χ1v) is 10.9. The first-order chi connectivity index (χ1) is 15.0. The fourth-order valence-corrected chi connectivity index (χ4v) is 4.00. The van der Waals surface area contributed by atoms with Crippen molar-refractivity contribution in [3.8, 4) is 0 Å². The zero-order valence-electron chi connectivity index (χ0n) is 18.4. The molecule has 0 aromatic heterocycles. The molecular formula is C25H30N2O4. The monoisotopic (exact) mass is 422 g/mol. The number of aryl methyl sites for hydroxylation is 3. The number of amides is 2. The second kappa shape index (κ2) is 10.2. The van der Waals surface area contributed by atoms with Gasteiger partial charge >= 0.3 is 5.97 Å². The molecule has 1 N–H and O–H groups in total. The van der Waals surface area contributed by atoms with Gasteiger partial charge < -0.3 is 15.0 Å². The summed E-state index contributed by atoms with van der Waals surface area (Å²) in [5.74, 6) is -1.56. The number of hydrogen-bond acceptors (Lipinski definition) is 4. The maximum absolute atomic E-state index is 12.5. The molecular weight excluding hydrogens is 392 g/mol. The highest BCUT2D eigenvalue weighted by atomic mass is 16.5. The lowest BCUT2D eigenvalue weighted by Gasteiger charge is -2.19. The first-order valence-electron chi connectivity index (χ1n) is 10.9. The summed E-state index contributed by atoms with van der Waals surface area (Å²) in [6.45, 7) is 6.00. The smallest absolute Gasteiger partial charge is 0.311 e. The van der Waals surface area contributed by atoms with E-state index in [0.29, 0.717) is 0 Å². The summed E-state index contributed by atoms with van der Waals surface area (Å²) in [7, 11) is 0. The van der Waals surface area contributed by atoms with Gasteiger partial charge in [-0.1, -0.05) is 57.2 Å². The third kappa shape index (κ3) is 5.13. The van der Waals surface area contributed by atoms with E-state index < -0.39 is 11.9 Å². The van der Waals surface area contributed by atoms with Crippen molar-refractivity contribution in [1.29, 1.82) is 0 Å². The quantitative estimate of drug-likeness (QED) is 0.655. The van der Waals surface area contributed by atoms with Gasteiger partial charge in [-0.25, -0.2) is 0 Å². The highest BCUT2D eigenvalue weighted by molar-refractivity contribution is 6.00.